The molecule has 0 aromatic carbocycles. The number of carbonyl (C=O) groups excluding carboxylic acids is 2. The van der Waals surface area contributed by atoms with Crippen molar-refractivity contribution in [2.24, 2.45) is 5.73 Å². The molecule has 0 radical (unpaired) electrons. The number of nitrogens with two attached hydrogens (primary N) is 1. The highest BCUT2D eigenvalue weighted by Crippen LogP contribution is 1.93. The van der Waals surface area contributed by atoms with Gasteiger partial charge in [-0.15, -0.1) is 0 Å². The molecule has 0 rings (SSSR count). The van der Waals surface area contributed by atoms with Crippen LogP contribution in [0.25, 0.3) is 0 Å². The maximum Gasteiger partial charge on any atom is 0.327 e. The van der Waals surface area contributed by atoms with Crippen LogP contribution in [-0.4, -0.2) is 46.8 Å². The minimum absolute atomic E-state index is 0.0315. The summed E-state index contributed by atoms with van der Waals surface area (Å²) >= 11 is 3.81. The monoisotopic (exact) mass is 277 g/mol. The quantitative estimate of drug-likeness (QED) is 0.371. The molecule has 0 aromatic heterocycles. The molecule has 104 valence electrons. The molecule has 0 aliphatic heterocycles. The Morgan fingerprint density at radius 3 is 2.22 bits per heavy atom. The molecule has 0 unspecified atom stereocenters. The molecule has 8 heteroatoms. The van der Waals surface area contributed by atoms with Gasteiger partial charge in [0.2, 0.25) is 11.8 Å². The van der Waals surface area contributed by atoms with Gasteiger partial charge in [-0.05, 0) is 13.3 Å². The third kappa shape index (κ3) is 5.37. The Bertz CT molecular complexity index is 324. The molecule has 18 heavy (non-hydrogen) atoms. The van der Waals surface area contributed by atoms with Gasteiger partial charge in [0.05, 0.1) is 6.04 Å². The number of carbonyl (C=O) groups is 3. The molecule has 0 bridgehead atoms. The molecule has 3 atom stereocenters. The number of hydrogen-bond acceptors (Lipinski definition) is 5. The predicted molar refractivity (Wildman–Crippen MR) is 69.3 cm³/mol. The number of thiol groups is 1. The fourth-order valence-corrected chi connectivity index (χ4v) is 1.30. The fourth-order valence-electron chi connectivity index (χ4n) is 1.05. The van der Waals surface area contributed by atoms with Crippen LogP contribution in [0, 0.1) is 0 Å². The van der Waals surface area contributed by atoms with Gasteiger partial charge in [-0.2, -0.15) is 12.6 Å². The molecule has 0 aliphatic carbocycles. The first-order valence-corrected chi connectivity index (χ1v) is 6.16. The Kier molecular flexibility index (Phi) is 7.37. The minimum Gasteiger partial charge on any atom is -0.480 e. The number of hydrogen-bond donors (Lipinski definition) is 5. The van der Waals surface area contributed by atoms with Gasteiger partial charge in [-0.25, -0.2) is 4.79 Å². The molecule has 5 N–H and O–H groups in total. The lowest BCUT2D eigenvalue weighted by Gasteiger charge is -2.18. The molecule has 0 saturated carbocycles. The normalized spacial score (nSPS) is 15.3. The van der Waals surface area contributed by atoms with Gasteiger partial charge in [-0.3, -0.25) is 9.59 Å². The zero-order valence-electron chi connectivity index (χ0n) is 10.3. The first-order chi connectivity index (χ1) is 8.33. The van der Waals surface area contributed by atoms with Crippen molar-refractivity contribution in [2.45, 2.75) is 38.4 Å². The van der Waals surface area contributed by atoms with Crippen molar-refractivity contribution in [1.82, 2.24) is 10.6 Å². The van der Waals surface area contributed by atoms with E-state index < -0.39 is 35.9 Å². The minimum atomic E-state index is -1.18. The van der Waals surface area contributed by atoms with Crippen LogP contribution in [0.5, 0.6) is 0 Å². The molecular weight excluding hydrogens is 258 g/mol. The van der Waals surface area contributed by atoms with Gasteiger partial charge in [0.1, 0.15) is 12.1 Å². The van der Waals surface area contributed by atoms with Crippen LogP contribution in [-0.2, 0) is 14.4 Å². The van der Waals surface area contributed by atoms with Gasteiger partial charge >= 0.3 is 5.97 Å². The number of rotatable bonds is 7. The smallest absolute Gasteiger partial charge is 0.327 e. The van der Waals surface area contributed by atoms with Crippen molar-refractivity contribution in [3.8, 4) is 0 Å². The summed E-state index contributed by atoms with van der Waals surface area (Å²) in [5, 5.41) is 13.4. The lowest BCUT2D eigenvalue weighted by Crippen LogP contribution is -2.53. The third-order valence-corrected chi connectivity index (χ3v) is 2.69. The van der Waals surface area contributed by atoms with E-state index in [1.165, 1.54) is 6.92 Å². The van der Waals surface area contributed by atoms with E-state index in [4.69, 9.17) is 10.8 Å². The van der Waals surface area contributed by atoms with Crippen LogP contribution in [0.2, 0.25) is 0 Å². The predicted octanol–water partition coefficient (Wildman–Crippen LogP) is -1.27. The van der Waals surface area contributed by atoms with Gasteiger partial charge in [-0.1, -0.05) is 6.92 Å². The van der Waals surface area contributed by atoms with E-state index in [0.717, 1.165) is 0 Å². The van der Waals surface area contributed by atoms with Gasteiger partial charge in [0.25, 0.3) is 0 Å². The highest BCUT2D eigenvalue weighted by Gasteiger charge is 2.23. The van der Waals surface area contributed by atoms with E-state index in [1.807, 2.05) is 0 Å². The van der Waals surface area contributed by atoms with E-state index in [0.29, 0.717) is 6.42 Å². The summed E-state index contributed by atoms with van der Waals surface area (Å²) in [6.07, 6.45) is 0.453. The second kappa shape index (κ2) is 7.93. The lowest BCUT2D eigenvalue weighted by atomic mass is 10.2. The molecule has 2 amide bonds. The Labute approximate surface area is 111 Å². The molecule has 0 saturated heterocycles. The number of aliphatic carboxylic acids is 1. The highest BCUT2D eigenvalue weighted by atomic mass is 32.1. The Morgan fingerprint density at radius 1 is 1.28 bits per heavy atom. The Balaban J connectivity index is 4.34. The van der Waals surface area contributed by atoms with E-state index in [2.05, 4.69) is 23.3 Å². The van der Waals surface area contributed by atoms with Gasteiger partial charge in [0, 0.05) is 5.75 Å². The Hall–Kier alpha value is -1.28. The van der Waals surface area contributed by atoms with E-state index in [-0.39, 0.29) is 5.75 Å². The Morgan fingerprint density at radius 2 is 1.83 bits per heavy atom. The second-order valence-corrected chi connectivity index (χ2v) is 4.19. The van der Waals surface area contributed by atoms with Crippen molar-refractivity contribution >= 4 is 30.4 Å². The summed E-state index contributed by atoms with van der Waals surface area (Å²) in [5.74, 6) is -2.25. The zero-order chi connectivity index (χ0) is 14.3. The number of carboxylic acid groups (broad SMARTS) is 1. The maximum absolute atomic E-state index is 11.6. The van der Waals surface area contributed by atoms with Gasteiger partial charge < -0.3 is 21.5 Å². The molecule has 0 fully saturated rings. The average Bonchev–Trinajstić information content (AvgIpc) is 2.33. The standard InChI is InChI=1S/C10H19N3O4S/c1-3-6(11)9(15)12-5(2)8(14)13-7(4-18)10(16)17/h5-7,18H,3-4,11H2,1-2H3,(H,12,15)(H,13,14)(H,16,17)/t5-,6-,7-/m0/s1. The molecule has 7 nitrogen and oxygen atoms in total. The van der Waals surface area contributed by atoms with Gasteiger partial charge in [0.15, 0.2) is 0 Å². The van der Waals surface area contributed by atoms with Crippen molar-refractivity contribution in [1.29, 1.82) is 0 Å². The van der Waals surface area contributed by atoms with Crippen LogP contribution < -0.4 is 16.4 Å². The summed E-state index contributed by atoms with van der Waals surface area (Å²) in [5.41, 5.74) is 5.49. The maximum atomic E-state index is 11.6. The molecule has 0 heterocycles. The number of nitrogens with one attached hydrogen (secondary N) is 2. The van der Waals surface area contributed by atoms with Crippen LogP contribution in [0.3, 0.4) is 0 Å². The fraction of sp³-hybridized carbons (Fsp3) is 0.700. The summed E-state index contributed by atoms with van der Waals surface area (Å²) in [4.78, 5) is 33.7. The SMILES string of the molecule is CC[C@H](N)C(=O)N[C@@H](C)C(=O)N[C@@H](CS)C(=O)O. The van der Waals surface area contributed by atoms with Crippen LogP contribution in [0.1, 0.15) is 20.3 Å². The number of carboxylic acids is 1. The summed E-state index contributed by atoms with van der Waals surface area (Å²) in [6.45, 7) is 3.20. The van der Waals surface area contributed by atoms with Crippen molar-refractivity contribution in [3.63, 3.8) is 0 Å². The largest absolute Gasteiger partial charge is 0.480 e. The van der Waals surface area contributed by atoms with E-state index in [9.17, 15) is 14.4 Å². The number of amides is 2. The molecule has 0 aliphatic rings. The van der Waals surface area contributed by atoms with Crippen molar-refractivity contribution < 1.29 is 19.5 Å². The summed E-state index contributed by atoms with van der Waals surface area (Å²) < 4.78 is 0. The summed E-state index contributed by atoms with van der Waals surface area (Å²) in [6, 6.07) is -2.61. The third-order valence-electron chi connectivity index (χ3n) is 2.33. The zero-order valence-corrected chi connectivity index (χ0v) is 11.2. The van der Waals surface area contributed by atoms with Crippen LogP contribution >= 0.6 is 12.6 Å². The molecular formula is C10H19N3O4S. The van der Waals surface area contributed by atoms with Crippen molar-refractivity contribution in [2.75, 3.05) is 5.75 Å². The topological polar surface area (TPSA) is 122 Å². The van der Waals surface area contributed by atoms with E-state index >= 15 is 0 Å². The summed E-state index contributed by atoms with van der Waals surface area (Å²) in [7, 11) is 0. The first kappa shape index (κ1) is 16.7. The highest BCUT2D eigenvalue weighted by molar-refractivity contribution is 7.80. The van der Waals surface area contributed by atoms with Crippen molar-refractivity contribution in [3.05, 3.63) is 0 Å². The molecule has 0 aromatic rings. The first-order valence-electron chi connectivity index (χ1n) is 5.53. The van der Waals surface area contributed by atoms with Crippen LogP contribution in [0.4, 0.5) is 0 Å². The second-order valence-electron chi connectivity index (χ2n) is 3.83. The van der Waals surface area contributed by atoms with Crippen LogP contribution in [0.15, 0.2) is 0 Å². The average molecular weight is 277 g/mol. The van der Waals surface area contributed by atoms with E-state index in [1.54, 1.807) is 6.92 Å². The molecule has 0 spiro atoms. The lowest BCUT2D eigenvalue weighted by molar-refractivity contribution is -0.141.